The van der Waals surface area contributed by atoms with Crippen LogP contribution in [0.5, 0.6) is 0 Å². The number of fused-ring (bicyclic) bond motifs is 6. The Bertz CT molecular complexity index is 2250. The van der Waals surface area contributed by atoms with E-state index >= 15 is 0 Å². The molecule has 0 amide bonds. The van der Waals surface area contributed by atoms with Crippen molar-refractivity contribution >= 4 is 55.0 Å². The predicted molar refractivity (Wildman–Crippen MR) is 194 cm³/mol. The van der Waals surface area contributed by atoms with Crippen molar-refractivity contribution in [2.24, 2.45) is 0 Å². The van der Waals surface area contributed by atoms with Gasteiger partial charge in [0.1, 0.15) is 0 Å². The number of hydrogen-bond acceptors (Lipinski definition) is 1. The average molecular weight is 590 g/mol. The topological polar surface area (TPSA) is 13.1 Å². The van der Waals surface area contributed by atoms with Gasteiger partial charge in [0.15, 0.2) is 0 Å². The van der Waals surface area contributed by atoms with Crippen molar-refractivity contribution < 1.29 is 0 Å². The fraction of sp³-hybridized carbons (Fsp3) is 0.0233. The lowest BCUT2D eigenvalue weighted by Crippen LogP contribution is -2.17. The average Bonchev–Trinajstić information content (AvgIpc) is 3.64. The van der Waals surface area contributed by atoms with Crippen LogP contribution >= 0.6 is 0 Å². The molecule has 218 valence electrons. The van der Waals surface area contributed by atoms with Gasteiger partial charge >= 0.3 is 0 Å². The van der Waals surface area contributed by atoms with E-state index in [-0.39, 0.29) is 0 Å². The van der Waals surface area contributed by atoms with Crippen LogP contribution in [0, 0.1) is 0 Å². The van der Waals surface area contributed by atoms with E-state index in [2.05, 4.69) is 190 Å². The maximum atomic E-state index is 2.43. The predicted octanol–water partition coefficient (Wildman–Crippen LogP) is 11.2. The summed E-state index contributed by atoms with van der Waals surface area (Å²) in [6, 6.07) is 63.5. The third-order valence-corrected chi connectivity index (χ3v) is 9.14. The SMILES string of the molecule is c1ccc(CN(c2cccc(-n3c4ccccc4c4ccccc43)c2)c2cccc(-n3c4ccccc4c4ccccc43)c2)cc1. The van der Waals surface area contributed by atoms with Gasteiger partial charge in [0.05, 0.1) is 22.1 Å². The number of para-hydroxylation sites is 4. The lowest BCUT2D eigenvalue weighted by molar-refractivity contribution is 0.970. The van der Waals surface area contributed by atoms with Crippen molar-refractivity contribution in [3.8, 4) is 11.4 Å². The molecule has 0 saturated heterocycles. The van der Waals surface area contributed by atoms with Gasteiger partial charge in [0.2, 0.25) is 0 Å². The largest absolute Gasteiger partial charge is 0.337 e. The molecule has 3 nitrogen and oxygen atoms in total. The normalized spacial score (nSPS) is 11.6. The second kappa shape index (κ2) is 10.8. The van der Waals surface area contributed by atoms with E-state index < -0.39 is 0 Å². The Morgan fingerprint density at radius 2 is 0.717 bits per heavy atom. The van der Waals surface area contributed by atoms with Crippen molar-refractivity contribution in [1.29, 1.82) is 0 Å². The Morgan fingerprint density at radius 3 is 1.13 bits per heavy atom. The van der Waals surface area contributed by atoms with Gasteiger partial charge in [-0.15, -0.1) is 0 Å². The first-order valence-corrected chi connectivity index (χ1v) is 15.8. The van der Waals surface area contributed by atoms with Crippen molar-refractivity contribution in [3.63, 3.8) is 0 Å². The lowest BCUT2D eigenvalue weighted by Gasteiger charge is -2.27. The summed E-state index contributed by atoms with van der Waals surface area (Å²) in [6.45, 7) is 0.744. The highest BCUT2D eigenvalue weighted by Crippen LogP contribution is 2.37. The molecular formula is C43H31N3. The van der Waals surface area contributed by atoms with Gasteiger partial charge in [0.25, 0.3) is 0 Å². The molecule has 0 unspecified atom stereocenters. The monoisotopic (exact) mass is 589 g/mol. The lowest BCUT2D eigenvalue weighted by atomic mass is 10.1. The minimum Gasteiger partial charge on any atom is -0.337 e. The first-order valence-electron chi connectivity index (χ1n) is 15.8. The molecule has 2 aromatic heterocycles. The standard InChI is InChI=1S/C43H31N3/c1-2-14-31(15-3-1)30-44(32-16-12-18-34(28-32)45-40-24-8-4-20-36(40)37-21-5-9-25-41(37)45)33-17-13-19-35(29-33)46-42-26-10-6-22-38(42)39-23-7-11-27-43(39)46/h1-29H,30H2. The summed E-state index contributed by atoms with van der Waals surface area (Å²) < 4.78 is 4.78. The molecule has 0 radical (unpaired) electrons. The molecule has 46 heavy (non-hydrogen) atoms. The van der Waals surface area contributed by atoms with Crippen molar-refractivity contribution in [2.45, 2.75) is 6.54 Å². The highest BCUT2D eigenvalue weighted by molar-refractivity contribution is 6.10. The summed E-state index contributed by atoms with van der Waals surface area (Å²) in [4.78, 5) is 2.43. The zero-order chi connectivity index (χ0) is 30.5. The quantitative estimate of drug-likeness (QED) is 0.188. The molecule has 0 spiro atoms. The summed E-state index contributed by atoms with van der Waals surface area (Å²) in [5.74, 6) is 0. The molecular weight excluding hydrogens is 558 g/mol. The van der Waals surface area contributed by atoms with Gasteiger partial charge in [-0.05, 0) is 66.2 Å². The fourth-order valence-corrected chi connectivity index (χ4v) is 7.10. The van der Waals surface area contributed by atoms with Crippen LogP contribution in [0.1, 0.15) is 5.56 Å². The number of hydrogen-bond donors (Lipinski definition) is 0. The van der Waals surface area contributed by atoms with Crippen LogP contribution in [-0.4, -0.2) is 9.13 Å². The number of nitrogens with zero attached hydrogens (tertiary/aromatic N) is 3. The zero-order valence-electron chi connectivity index (χ0n) is 25.3. The molecule has 0 fully saturated rings. The maximum absolute atomic E-state index is 2.43. The summed E-state index contributed by atoms with van der Waals surface area (Å²) in [5, 5.41) is 5.07. The highest BCUT2D eigenvalue weighted by Gasteiger charge is 2.17. The van der Waals surface area contributed by atoms with E-state index in [0.717, 1.165) is 29.3 Å². The molecule has 9 aromatic rings. The molecule has 0 aliphatic heterocycles. The Balaban J connectivity index is 1.23. The smallest absolute Gasteiger partial charge is 0.0541 e. The van der Waals surface area contributed by atoms with Crippen LogP contribution in [0.2, 0.25) is 0 Å². The van der Waals surface area contributed by atoms with Crippen molar-refractivity contribution in [3.05, 3.63) is 181 Å². The summed E-state index contributed by atoms with van der Waals surface area (Å²) in [5.41, 5.74) is 10.7. The van der Waals surface area contributed by atoms with Crippen LogP contribution in [0.4, 0.5) is 11.4 Å². The third-order valence-electron chi connectivity index (χ3n) is 9.14. The Morgan fingerprint density at radius 1 is 0.348 bits per heavy atom. The maximum Gasteiger partial charge on any atom is 0.0541 e. The Kier molecular flexibility index (Phi) is 6.20. The summed E-state index contributed by atoms with van der Waals surface area (Å²) in [7, 11) is 0. The van der Waals surface area contributed by atoms with Crippen molar-refractivity contribution in [1.82, 2.24) is 9.13 Å². The summed E-state index contributed by atoms with van der Waals surface area (Å²) in [6.07, 6.45) is 0. The molecule has 0 bridgehead atoms. The zero-order valence-corrected chi connectivity index (χ0v) is 25.3. The second-order valence-corrected chi connectivity index (χ2v) is 11.9. The van der Waals surface area contributed by atoms with Crippen LogP contribution in [0.15, 0.2) is 176 Å². The van der Waals surface area contributed by atoms with E-state index in [1.165, 1.54) is 49.2 Å². The van der Waals surface area contributed by atoms with Gasteiger partial charge in [-0.1, -0.05) is 115 Å². The fourth-order valence-electron chi connectivity index (χ4n) is 7.10. The first kappa shape index (κ1) is 26.4. The molecule has 2 heterocycles. The molecule has 9 rings (SSSR count). The molecule has 0 atom stereocenters. The van der Waals surface area contributed by atoms with Crippen molar-refractivity contribution in [2.75, 3.05) is 4.90 Å². The number of aromatic nitrogens is 2. The van der Waals surface area contributed by atoms with E-state index in [9.17, 15) is 0 Å². The molecule has 3 heteroatoms. The van der Waals surface area contributed by atoms with Gasteiger partial charge < -0.3 is 14.0 Å². The minimum absolute atomic E-state index is 0.744. The first-order chi connectivity index (χ1) is 22.8. The van der Waals surface area contributed by atoms with Gasteiger partial charge in [-0.3, -0.25) is 0 Å². The van der Waals surface area contributed by atoms with E-state index in [1.54, 1.807) is 0 Å². The van der Waals surface area contributed by atoms with Crippen LogP contribution in [-0.2, 0) is 6.54 Å². The van der Waals surface area contributed by atoms with Gasteiger partial charge in [-0.2, -0.15) is 0 Å². The van der Waals surface area contributed by atoms with Crippen LogP contribution < -0.4 is 4.90 Å². The minimum atomic E-state index is 0.744. The number of anilines is 2. The van der Waals surface area contributed by atoms with E-state index in [1.807, 2.05) is 0 Å². The highest BCUT2D eigenvalue weighted by atomic mass is 15.1. The van der Waals surface area contributed by atoms with Crippen LogP contribution in [0.25, 0.3) is 55.0 Å². The Labute approximate surface area is 267 Å². The molecule has 0 saturated carbocycles. The molecule has 0 N–H and O–H groups in total. The second-order valence-electron chi connectivity index (χ2n) is 11.9. The molecule has 0 aliphatic carbocycles. The van der Waals surface area contributed by atoms with Crippen LogP contribution in [0.3, 0.4) is 0 Å². The van der Waals surface area contributed by atoms with E-state index in [0.29, 0.717) is 0 Å². The van der Waals surface area contributed by atoms with E-state index in [4.69, 9.17) is 0 Å². The summed E-state index contributed by atoms with van der Waals surface area (Å²) >= 11 is 0. The number of rotatable bonds is 6. The molecule has 0 aliphatic rings. The third kappa shape index (κ3) is 4.28. The number of benzene rings is 7. The van der Waals surface area contributed by atoms with Gasteiger partial charge in [-0.25, -0.2) is 0 Å². The Hall–Kier alpha value is -6.06. The van der Waals surface area contributed by atoms with Gasteiger partial charge in [0, 0.05) is 50.8 Å². The molecule has 7 aromatic carbocycles.